The number of nitrogens with zero attached hydrogens (tertiary/aromatic N) is 1. The lowest BCUT2D eigenvalue weighted by Gasteiger charge is -2.12. The van der Waals surface area contributed by atoms with Crippen molar-refractivity contribution in [2.45, 2.75) is 6.92 Å². The van der Waals surface area contributed by atoms with E-state index >= 15 is 0 Å². The molecule has 1 aromatic heterocycles. The molecular weight excluding hydrogens is 246 g/mol. The van der Waals surface area contributed by atoms with Crippen molar-refractivity contribution in [3.63, 3.8) is 0 Å². The van der Waals surface area contributed by atoms with Crippen molar-refractivity contribution in [3.8, 4) is 5.75 Å². The quantitative estimate of drug-likeness (QED) is 0.831. The van der Waals surface area contributed by atoms with Gasteiger partial charge in [-0.05, 0) is 43.4 Å². The number of ether oxygens (including phenoxy) is 1. The lowest BCUT2D eigenvalue weighted by Crippen LogP contribution is -2.27. The van der Waals surface area contributed by atoms with Crippen LogP contribution in [0, 0.1) is 0 Å². The van der Waals surface area contributed by atoms with Gasteiger partial charge in [-0.2, -0.15) is 0 Å². The van der Waals surface area contributed by atoms with E-state index in [4.69, 9.17) is 17.0 Å². The summed E-state index contributed by atoms with van der Waals surface area (Å²) in [5.41, 5.74) is 1.74. The van der Waals surface area contributed by atoms with Gasteiger partial charge in [-0.3, -0.25) is 4.98 Å². The van der Waals surface area contributed by atoms with E-state index in [9.17, 15) is 0 Å². The lowest BCUT2D eigenvalue weighted by molar-refractivity contribution is 0.419. The third kappa shape index (κ3) is 2.51. The van der Waals surface area contributed by atoms with Gasteiger partial charge in [-0.25, -0.2) is 0 Å². The topological polar surface area (TPSA) is 46.2 Å². The minimum atomic E-state index is 0.604. The summed E-state index contributed by atoms with van der Waals surface area (Å²) >= 11 is 5.19. The summed E-state index contributed by atoms with van der Waals surface area (Å²) in [7, 11) is 1.64. The molecule has 0 radical (unpaired) electrons. The lowest BCUT2D eigenvalue weighted by atomic mass is 10.1. The monoisotopic (exact) mass is 261 g/mol. The molecule has 94 valence electrons. The van der Waals surface area contributed by atoms with Crippen LogP contribution in [0.2, 0.25) is 0 Å². The SMILES string of the molecule is CCNC(=S)Nc1ccc(OC)c2ncccc12. The van der Waals surface area contributed by atoms with Crippen molar-refractivity contribution >= 4 is 33.9 Å². The second-order valence-corrected chi connectivity index (χ2v) is 4.11. The highest BCUT2D eigenvalue weighted by Gasteiger charge is 2.07. The van der Waals surface area contributed by atoms with E-state index < -0.39 is 0 Å². The van der Waals surface area contributed by atoms with Gasteiger partial charge in [0, 0.05) is 23.8 Å². The molecule has 0 amide bonds. The van der Waals surface area contributed by atoms with Gasteiger partial charge in [0.25, 0.3) is 0 Å². The van der Waals surface area contributed by atoms with Gasteiger partial charge in [-0.1, -0.05) is 0 Å². The second kappa shape index (κ2) is 5.64. The molecule has 0 spiro atoms. The first-order valence-electron chi connectivity index (χ1n) is 5.72. The fraction of sp³-hybridized carbons (Fsp3) is 0.231. The summed E-state index contributed by atoms with van der Waals surface area (Å²) in [6.07, 6.45) is 1.75. The van der Waals surface area contributed by atoms with Gasteiger partial charge in [-0.15, -0.1) is 0 Å². The van der Waals surface area contributed by atoms with Gasteiger partial charge >= 0.3 is 0 Å². The maximum atomic E-state index is 5.30. The molecular formula is C13H15N3OS. The zero-order valence-electron chi connectivity index (χ0n) is 10.4. The Kier molecular flexibility index (Phi) is 3.94. The summed E-state index contributed by atoms with van der Waals surface area (Å²) in [6.45, 7) is 2.79. The molecule has 0 fully saturated rings. The van der Waals surface area contributed by atoms with Crippen molar-refractivity contribution in [1.29, 1.82) is 0 Å². The minimum absolute atomic E-state index is 0.604. The average molecular weight is 261 g/mol. The number of anilines is 1. The molecule has 2 aromatic rings. The number of hydrogen-bond acceptors (Lipinski definition) is 3. The molecule has 0 aliphatic rings. The van der Waals surface area contributed by atoms with Gasteiger partial charge < -0.3 is 15.4 Å². The first-order chi connectivity index (χ1) is 8.76. The van der Waals surface area contributed by atoms with Crippen LogP contribution < -0.4 is 15.4 Å². The molecule has 1 aromatic carbocycles. The molecule has 2 N–H and O–H groups in total. The number of rotatable bonds is 3. The Bertz CT molecular complexity index is 571. The van der Waals surface area contributed by atoms with Crippen LogP contribution in [0.1, 0.15) is 6.92 Å². The largest absolute Gasteiger partial charge is 0.494 e. The predicted molar refractivity (Wildman–Crippen MR) is 78.2 cm³/mol. The summed E-state index contributed by atoms with van der Waals surface area (Å²) in [5, 5.41) is 7.81. The molecule has 0 aliphatic carbocycles. The van der Waals surface area contributed by atoms with Gasteiger partial charge in [0.2, 0.25) is 0 Å². The molecule has 0 atom stereocenters. The van der Waals surface area contributed by atoms with Crippen LogP contribution in [0.5, 0.6) is 5.75 Å². The van der Waals surface area contributed by atoms with Crippen LogP contribution in [0.4, 0.5) is 5.69 Å². The molecule has 5 heteroatoms. The van der Waals surface area contributed by atoms with Gasteiger partial charge in [0.05, 0.1) is 7.11 Å². The summed E-state index contributed by atoms with van der Waals surface area (Å²) in [5.74, 6) is 0.755. The Morgan fingerprint density at radius 2 is 2.22 bits per heavy atom. The number of fused-ring (bicyclic) bond motifs is 1. The number of thiocarbonyl (C=S) groups is 1. The number of methoxy groups -OCH3 is 1. The molecule has 1 heterocycles. The minimum Gasteiger partial charge on any atom is -0.494 e. The van der Waals surface area contributed by atoms with Crippen molar-refractivity contribution in [3.05, 3.63) is 30.5 Å². The number of benzene rings is 1. The molecule has 2 rings (SSSR count). The molecule has 0 saturated heterocycles. The van der Waals surface area contributed by atoms with E-state index in [-0.39, 0.29) is 0 Å². The van der Waals surface area contributed by atoms with Gasteiger partial charge in [0.15, 0.2) is 5.11 Å². The Hall–Kier alpha value is -1.88. The average Bonchev–Trinajstić information content (AvgIpc) is 2.39. The van der Waals surface area contributed by atoms with Crippen molar-refractivity contribution < 1.29 is 4.74 Å². The molecule has 0 bridgehead atoms. The summed E-state index contributed by atoms with van der Waals surface area (Å²) < 4.78 is 5.30. The molecule has 18 heavy (non-hydrogen) atoms. The first-order valence-corrected chi connectivity index (χ1v) is 6.13. The van der Waals surface area contributed by atoms with E-state index in [0.29, 0.717) is 5.11 Å². The maximum absolute atomic E-state index is 5.30. The highest BCUT2D eigenvalue weighted by Crippen LogP contribution is 2.29. The zero-order valence-corrected chi connectivity index (χ0v) is 11.2. The fourth-order valence-corrected chi connectivity index (χ4v) is 2.00. The van der Waals surface area contributed by atoms with E-state index in [2.05, 4.69) is 15.6 Å². The van der Waals surface area contributed by atoms with Gasteiger partial charge in [0.1, 0.15) is 11.3 Å². The smallest absolute Gasteiger partial charge is 0.170 e. The van der Waals surface area contributed by atoms with Crippen molar-refractivity contribution in [1.82, 2.24) is 10.3 Å². The van der Waals surface area contributed by atoms with E-state index in [1.165, 1.54) is 0 Å². The number of nitrogens with one attached hydrogen (secondary N) is 2. The maximum Gasteiger partial charge on any atom is 0.170 e. The number of hydrogen-bond donors (Lipinski definition) is 2. The molecule has 0 aliphatic heterocycles. The predicted octanol–water partition coefficient (Wildman–Crippen LogP) is 2.55. The van der Waals surface area contributed by atoms with Crippen LogP contribution in [0.3, 0.4) is 0 Å². The van der Waals surface area contributed by atoms with E-state index in [0.717, 1.165) is 28.9 Å². The Labute approximate surface area is 111 Å². The third-order valence-corrected chi connectivity index (χ3v) is 2.78. The van der Waals surface area contributed by atoms with Crippen molar-refractivity contribution in [2.75, 3.05) is 19.0 Å². The van der Waals surface area contributed by atoms with Crippen LogP contribution in [0.15, 0.2) is 30.5 Å². The van der Waals surface area contributed by atoms with Crippen LogP contribution in [-0.4, -0.2) is 23.8 Å². The molecule has 0 saturated carbocycles. The second-order valence-electron chi connectivity index (χ2n) is 3.70. The van der Waals surface area contributed by atoms with E-state index in [1.54, 1.807) is 13.3 Å². The highest BCUT2D eigenvalue weighted by molar-refractivity contribution is 7.80. The standard InChI is InChI=1S/C13H15N3OS/c1-3-14-13(18)16-10-6-7-11(17-2)12-9(10)5-4-8-15-12/h4-8H,3H2,1-2H3,(H2,14,16,18). The number of pyridine rings is 1. The summed E-state index contributed by atoms with van der Waals surface area (Å²) in [6, 6.07) is 7.70. The summed E-state index contributed by atoms with van der Waals surface area (Å²) in [4.78, 5) is 4.34. The normalized spacial score (nSPS) is 10.1. The molecule has 0 unspecified atom stereocenters. The van der Waals surface area contributed by atoms with Crippen LogP contribution in [0.25, 0.3) is 10.9 Å². The third-order valence-electron chi connectivity index (χ3n) is 2.54. The Morgan fingerprint density at radius 3 is 2.94 bits per heavy atom. The van der Waals surface area contributed by atoms with Crippen LogP contribution in [-0.2, 0) is 0 Å². The van der Waals surface area contributed by atoms with E-state index in [1.807, 2.05) is 31.2 Å². The fourth-order valence-electron chi connectivity index (χ4n) is 1.75. The molecule has 4 nitrogen and oxygen atoms in total. The Morgan fingerprint density at radius 1 is 1.39 bits per heavy atom. The Balaban J connectivity index is 2.43. The zero-order chi connectivity index (χ0) is 13.0. The number of aromatic nitrogens is 1. The highest BCUT2D eigenvalue weighted by atomic mass is 32.1. The van der Waals surface area contributed by atoms with Crippen molar-refractivity contribution in [2.24, 2.45) is 0 Å². The first kappa shape index (κ1) is 12.6. The van der Waals surface area contributed by atoms with Crippen LogP contribution >= 0.6 is 12.2 Å².